The molecular weight excluding hydrogens is 303 g/mol. The van der Waals surface area contributed by atoms with Crippen molar-refractivity contribution in [2.45, 2.75) is 10.6 Å². The molecule has 0 amide bonds. The van der Waals surface area contributed by atoms with Gasteiger partial charge in [-0.25, -0.2) is 4.39 Å². The number of benzene rings is 2. The SMILES string of the molecule is Oc1ccc(SCc2ccc(F)cc2Br)cc1. The van der Waals surface area contributed by atoms with Gasteiger partial charge in [-0.2, -0.15) is 0 Å². The molecule has 0 atom stereocenters. The molecule has 0 radical (unpaired) electrons. The summed E-state index contributed by atoms with van der Waals surface area (Å²) in [6.45, 7) is 0. The maximum absolute atomic E-state index is 12.9. The number of phenolic OH excluding ortho intramolecular Hbond substituents is 1. The number of aromatic hydroxyl groups is 1. The van der Waals surface area contributed by atoms with Crippen LogP contribution in [-0.4, -0.2) is 5.11 Å². The molecule has 0 spiro atoms. The second-order valence-electron chi connectivity index (χ2n) is 3.52. The molecule has 0 aromatic heterocycles. The highest BCUT2D eigenvalue weighted by atomic mass is 79.9. The zero-order valence-electron chi connectivity index (χ0n) is 8.86. The van der Waals surface area contributed by atoms with E-state index in [1.54, 1.807) is 30.0 Å². The van der Waals surface area contributed by atoms with Crippen LogP contribution in [0, 0.1) is 5.82 Å². The zero-order chi connectivity index (χ0) is 12.3. The van der Waals surface area contributed by atoms with E-state index in [1.807, 2.05) is 12.1 Å². The smallest absolute Gasteiger partial charge is 0.124 e. The number of hydrogen-bond donors (Lipinski definition) is 1. The van der Waals surface area contributed by atoms with Crippen LogP contribution in [0.2, 0.25) is 0 Å². The minimum Gasteiger partial charge on any atom is -0.508 e. The van der Waals surface area contributed by atoms with Crippen LogP contribution in [0.15, 0.2) is 51.8 Å². The zero-order valence-corrected chi connectivity index (χ0v) is 11.3. The van der Waals surface area contributed by atoms with Crippen LogP contribution < -0.4 is 0 Å². The highest BCUT2D eigenvalue weighted by Crippen LogP contribution is 2.28. The van der Waals surface area contributed by atoms with Crippen LogP contribution in [0.4, 0.5) is 4.39 Å². The standard InChI is InChI=1S/C13H10BrFOS/c14-13-7-10(15)2-1-9(13)8-17-12-5-3-11(16)4-6-12/h1-7,16H,8H2. The first-order valence-corrected chi connectivity index (χ1v) is 6.79. The lowest BCUT2D eigenvalue weighted by molar-refractivity contribution is 0.475. The summed E-state index contributed by atoms with van der Waals surface area (Å²) in [7, 11) is 0. The Morgan fingerprint density at radius 1 is 1.12 bits per heavy atom. The Morgan fingerprint density at radius 3 is 2.47 bits per heavy atom. The molecular formula is C13H10BrFOS. The summed E-state index contributed by atoms with van der Waals surface area (Å²) in [5.41, 5.74) is 1.05. The Kier molecular flexibility index (Phi) is 4.07. The first-order valence-electron chi connectivity index (χ1n) is 5.01. The molecule has 1 nitrogen and oxygen atoms in total. The second kappa shape index (κ2) is 5.56. The number of thioether (sulfide) groups is 1. The van der Waals surface area contributed by atoms with Gasteiger partial charge in [-0.05, 0) is 42.0 Å². The van der Waals surface area contributed by atoms with Crippen molar-refractivity contribution in [1.82, 2.24) is 0 Å². The Hall–Kier alpha value is -1.00. The first-order chi connectivity index (χ1) is 8.15. The fourth-order valence-electron chi connectivity index (χ4n) is 1.34. The third-order valence-corrected chi connectivity index (χ3v) is 4.05. The summed E-state index contributed by atoms with van der Waals surface area (Å²) in [6.07, 6.45) is 0. The van der Waals surface area contributed by atoms with E-state index in [0.29, 0.717) is 0 Å². The van der Waals surface area contributed by atoms with E-state index in [2.05, 4.69) is 15.9 Å². The van der Waals surface area contributed by atoms with E-state index in [-0.39, 0.29) is 11.6 Å². The topological polar surface area (TPSA) is 20.2 Å². The van der Waals surface area contributed by atoms with Crippen LogP contribution in [0.25, 0.3) is 0 Å². The Balaban J connectivity index is 2.04. The van der Waals surface area contributed by atoms with Crippen LogP contribution in [0.1, 0.15) is 5.56 Å². The summed E-state index contributed by atoms with van der Waals surface area (Å²) in [5.74, 6) is 0.776. The van der Waals surface area contributed by atoms with Gasteiger partial charge in [0.25, 0.3) is 0 Å². The number of phenols is 1. The largest absolute Gasteiger partial charge is 0.508 e. The van der Waals surface area contributed by atoms with Gasteiger partial charge >= 0.3 is 0 Å². The Bertz CT molecular complexity index is 513. The van der Waals surface area contributed by atoms with Crippen molar-refractivity contribution >= 4 is 27.7 Å². The average Bonchev–Trinajstić information content (AvgIpc) is 2.30. The predicted octanol–water partition coefficient (Wildman–Crippen LogP) is 4.59. The Labute approximate surface area is 112 Å². The molecule has 17 heavy (non-hydrogen) atoms. The fourth-order valence-corrected chi connectivity index (χ4v) is 2.92. The van der Waals surface area contributed by atoms with E-state index in [0.717, 1.165) is 20.7 Å². The van der Waals surface area contributed by atoms with Gasteiger partial charge in [0.2, 0.25) is 0 Å². The van der Waals surface area contributed by atoms with Crippen LogP contribution in [0.5, 0.6) is 5.75 Å². The summed E-state index contributed by atoms with van der Waals surface area (Å²) in [6, 6.07) is 11.7. The summed E-state index contributed by atoms with van der Waals surface area (Å²) in [5, 5.41) is 9.16. The molecule has 0 unspecified atom stereocenters. The Morgan fingerprint density at radius 2 is 1.82 bits per heavy atom. The van der Waals surface area contributed by atoms with E-state index in [9.17, 15) is 4.39 Å². The van der Waals surface area contributed by atoms with Gasteiger partial charge in [-0.3, -0.25) is 0 Å². The predicted molar refractivity (Wildman–Crippen MR) is 71.8 cm³/mol. The fraction of sp³-hybridized carbons (Fsp3) is 0.0769. The minimum atomic E-state index is -0.241. The molecule has 1 N–H and O–H groups in total. The number of rotatable bonds is 3. The normalized spacial score (nSPS) is 10.5. The molecule has 2 rings (SSSR count). The van der Waals surface area contributed by atoms with Gasteiger partial charge in [0.15, 0.2) is 0 Å². The quantitative estimate of drug-likeness (QED) is 0.837. The molecule has 0 saturated carbocycles. The number of halogens is 2. The average molecular weight is 313 g/mol. The highest BCUT2D eigenvalue weighted by Gasteiger charge is 2.02. The van der Waals surface area contributed by atoms with Gasteiger partial charge in [0.1, 0.15) is 11.6 Å². The van der Waals surface area contributed by atoms with Crippen LogP contribution in [-0.2, 0) is 5.75 Å². The summed E-state index contributed by atoms with van der Waals surface area (Å²) < 4.78 is 13.7. The molecule has 0 heterocycles. The molecule has 0 saturated heterocycles. The molecule has 0 fully saturated rings. The van der Waals surface area contributed by atoms with E-state index in [1.165, 1.54) is 12.1 Å². The van der Waals surface area contributed by atoms with Gasteiger partial charge in [-0.1, -0.05) is 22.0 Å². The summed E-state index contributed by atoms with van der Waals surface area (Å²) >= 11 is 4.98. The molecule has 4 heteroatoms. The molecule has 0 aliphatic carbocycles. The van der Waals surface area contributed by atoms with Crippen molar-refractivity contribution in [3.05, 3.63) is 58.3 Å². The maximum Gasteiger partial charge on any atom is 0.124 e. The molecule has 0 aliphatic rings. The summed E-state index contributed by atoms with van der Waals surface area (Å²) in [4.78, 5) is 1.07. The van der Waals surface area contributed by atoms with Gasteiger partial charge < -0.3 is 5.11 Å². The van der Waals surface area contributed by atoms with Crippen LogP contribution in [0.3, 0.4) is 0 Å². The third kappa shape index (κ3) is 3.48. The molecule has 0 aliphatic heterocycles. The first kappa shape index (κ1) is 12.5. The lowest BCUT2D eigenvalue weighted by Gasteiger charge is -2.05. The van der Waals surface area contributed by atoms with Gasteiger partial charge in [0.05, 0.1) is 0 Å². The van der Waals surface area contributed by atoms with Crippen molar-refractivity contribution in [2.24, 2.45) is 0 Å². The third-order valence-electron chi connectivity index (χ3n) is 2.25. The van der Waals surface area contributed by atoms with E-state index >= 15 is 0 Å². The van der Waals surface area contributed by atoms with Crippen molar-refractivity contribution in [3.63, 3.8) is 0 Å². The van der Waals surface area contributed by atoms with Crippen molar-refractivity contribution in [2.75, 3.05) is 0 Å². The minimum absolute atomic E-state index is 0.241. The van der Waals surface area contributed by atoms with Crippen molar-refractivity contribution < 1.29 is 9.50 Å². The molecule has 2 aromatic rings. The van der Waals surface area contributed by atoms with E-state index < -0.39 is 0 Å². The lowest BCUT2D eigenvalue weighted by Crippen LogP contribution is -1.84. The molecule has 0 bridgehead atoms. The lowest BCUT2D eigenvalue weighted by atomic mass is 10.2. The van der Waals surface area contributed by atoms with Crippen LogP contribution >= 0.6 is 27.7 Å². The molecule has 2 aromatic carbocycles. The van der Waals surface area contributed by atoms with Crippen molar-refractivity contribution in [3.8, 4) is 5.75 Å². The molecule has 88 valence electrons. The highest BCUT2D eigenvalue weighted by molar-refractivity contribution is 9.10. The van der Waals surface area contributed by atoms with Gasteiger partial charge in [-0.15, -0.1) is 11.8 Å². The van der Waals surface area contributed by atoms with Crippen molar-refractivity contribution in [1.29, 1.82) is 0 Å². The maximum atomic E-state index is 12.9. The monoisotopic (exact) mass is 312 g/mol. The van der Waals surface area contributed by atoms with E-state index in [4.69, 9.17) is 5.11 Å². The number of hydrogen-bond acceptors (Lipinski definition) is 2. The second-order valence-corrected chi connectivity index (χ2v) is 5.42. The van der Waals surface area contributed by atoms with Gasteiger partial charge in [0, 0.05) is 15.1 Å².